The fourth-order valence-corrected chi connectivity index (χ4v) is 3.17. The molecule has 1 amide bonds. The minimum absolute atomic E-state index is 0.289. The zero-order chi connectivity index (χ0) is 24.2. The van der Waals surface area contributed by atoms with E-state index in [1.807, 2.05) is 37.3 Å². The van der Waals surface area contributed by atoms with Crippen LogP contribution in [0.5, 0.6) is 11.5 Å². The van der Waals surface area contributed by atoms with Crippen LogP contribution in [0, 0.1) is 12.8 Å². The van der Waals surface area contributed by atoms with Crippen LogP contribution in [0.15, 0.2) is 48.5 Å². The predicted molar refractivity (Wildman–Crippen MR) is 127 cm³/mol. The molecule has 0 heterocycles. The summed E-state index contributed by atoms with van der Waals surface area (Å²) < 4.78 is 16.7. The molecule has 0 aliphatic heterocycles. The van der Waals surface area contributed by atoms with Gasteiger partial charge in [0.25, 0.3) is 0 Å². The van der Waals surface area contributed by atoms with E-state index in [2.05, 4.69) is 13.8 Å². The summed E-state index contributed by atoms with van der Waals surface area (Å²) >= 11 is 0. The van der Waals surface area contributed by atoms with E-state index >= 15 is 0 Å². The molecular formula is C26H35NO6. The predicted octanol–water partition coefficient (Wildman–Crippen LogP) is 4.95. The van der Waals surface area contributed by atoms with Gasteiger partial charge in [-0.05, 0) is 55.5 Å². The van der Waals surface area contributed by atoms with Crippen molar-refractivity contribution in [2.75, 3.05) is 26.3 Å². The summed E-state index contributed by atoms with van der Waals surface area (Å²) in [5.41, 5.74) is 1.75. The Morgan fingerprint density at radius 2 is 1.73 bits per heavy atom. The zero-order valence-electron chi connectivity index (χ0n) is 20.0. The molecule has 0 aliphatic carbocycles. The maximum absolute atomic E-state index is 12.8. The number of amides is 1. The van der Waals surface area contributed by atoms with Crippen LogP contribution < -0.4 is 9.47 Å². The summed E-state index contributed by atoms with van der Waals surface area (Å²) in [6.07, 6.45) is -0.102. The molecule has 33 heavy (non-hydrogen) atoms. The van der Waals surface area contributed by atoms with Crippen molar-refractivity contribution in [3.63, 3.8) is 0 Å². The Morgan fingerprint density at radius 3 is 2.33 bits per heavy atom. The van der Waals surface area contributed by atoms with Gasteiger partial charge in [-0.3, -0.25) is 0 Å². The van der Waals surface area contributed by atoms with Crippen molar-refractivity contribution in [1.29, 1.82) is 0 Å². The van der Waals surface area contributed by atoms with E-state index in [0.717, 1.165) is 17.5 Å². The summed E-state index contributed by atoms with van der Waals surface area (Å²) in [7, 11) is 0. The van der Waals surface area contributed by atoms with E-state index in [1.165, 1.54) is 0 Å². The molecule has 7 heteroatoms. The molecule has 1 N–H and O–H groups in total. The van der Waals surface area contributed by atoms with Crippen LogP contribution in [0.1, 0.15) is 38.3 Å². The Labute approximate surface area is 196 Å². The van der Waals surface area contributed by atoms with Gasteiger partial charge in [0.2, 0.25) is 0 Å². The quantitative estimate of drug-likeness (QED) is 0.458. The number of benzene rings is 2. The number of hydrogen-bond acceptors (Lipinski definition) is 5. The van der Waals surface area contributed by atoms with Crippen molar-refractivity contribution in [2.24, 2.45) is 5.92 Å². The van der Waals surface area contributed by atoms with Gasteiger partial charge >= 0.3 is 12.1 Å². The maximum atomic E-state index is 12.8. The Hall–Kier alpha value is -3.06. The summed E-state index contributed by atoms with van der Waals surface area (Å²) in [5.74, 6) is 0.688. The topological polar surface area (TPSA) is 85.3 Å². The van der Waals surface area contributed by atoms with E-state index in [-0.39, 0.29) is 12.5 Å². The van der Waals surface area contributed by atoms with Crippen LogP contribution in [-0.2, 0) is 16.0 Å². The maximum Gasteiger partial charge on any atom is 0.415 e. The average molecular weight is 458 g/mol. The van der Waals surface area contributed by atoms with Gasteiger partial charge in [0.15, 0.2) is 6.10 Å². The standard InChI is InChI=1S/C26H35NO6/c1-5-31-24(25(28)29)18-21-10-12-22(13-11-21)32-17-16-27(15-14-19(2)3)26(30)33-23-9-7-6-8-20(23)4/h6-13,19,24H,5,14-18H2,1-4H3,(H,28,29). The van der Waals surface area contributed by atoms with Crippen molar-refractivity contribution < 1.29 is 28.9 Å². The highest BCUT2D eigenvalue weighted by Crippen LogP contribution is 2.18. The van der Waals surface area contributed by atoms with Crippen molar-refractivity contribution in [3.05, 3.63) is 59.7 Å². The van der Waals surface area contributed by atoms with Crippen molar-refractivity contribution in [2.45, 2.75) is 46.6 Å². The van der Waals surface area contributed by atoms with Crippen LogP contribution in [-0.4, -0.2) is 54.5 Å². The molecule has 7 nitrogen and oxygen atoms in total. The second-order valence-corrected chi connectivity index (χ2v) is 8.28. The minimum atomic E-state index is -0.976. The number of carbonyl (C=O) groups excluding carboxylic acids is 1. The monoisotopic (exact) mass is 457 g/mol. The molecule has 1 atom stereocenters. The van der Waals surface area contributed by atoms with Gasteiger partial charge in [0, 0.05) is 19.6 Å². The number of hydrogen-bond donors (Lipinski definition) is 1. The molecule has 0 aliphatic rings. The number of aryl methyl sites for hydroxylation is 1. The highest BCUT2D eigenvalue weighted by Gasteiger charge is 2.19. The summed E-state index contributed by atoms with van der Waals surface area (Å²) in [6, 6.07) is 14.7. The Balaban J connectivity index is 1.92. The zero-order valence-corrected chi connectivity index (χ0v) is 20.0. The molecular weight excluding hydrogens is 422 g/mol. The first-order chi connectivity index (χ1) is 15.8. The molecule has 0 radical (unpaired) electrons. The lowest BCUT2D eigenvalue weighted by Gasteiger charge is -2.23. The molecule has 0 bridgehead atoms. The molecule has 0 spiro atoms. The van der Waals surface area contributed by atoms with Crippen molar-refractivity contribution in [1.82, 2.24) is 4.90 Å². The highest BCUT2D eigenvalue weighted by molar-refractivity contribution is 5.72. The lowest BCUT2D eigenvalue weighted by atomic mass is 10.1. The minimum Gasteiger partial charge on any atom is -0.492 e. The van der Waals surface area contributed by atoms with Gasteiger partial charge in [0.1, 0.15) is 18.1 Å². The smallest absolute Gasteiger partial charge is 0.415 e. The van der Waals surface area contributed by atoms with E-state index < -0.39 is 12.1 Å². The van der Waals surface area contributed by atoms with Crippen molar-refractivity contribution >= 4 is 12.1 Å². The van der Waals surface area contributed by atoms with Crippen LogP contribution in [0.3, 0.4) is 0 Å². The lowest BCUT2D eigenvalue weighted by molar-refractivity contribution is -0.149. The fourth-order valence-electron chi connectivity index (χ4n) is 3.17. The van der Waals surface area contributed by atoms with Crippen LogP contribution >= 0.6 is 0 Å². The van der Waals surface area contributed by atoms with Gasteiger partial charge in [0.05, 0.1) is 6.54 Å². The van der Waals surface area contributed by atoms with Crippen LogP contribution in [0.2, 0.25) is 0 Å². The number of aliphatic carboxylic acids is 1. The number of carboxylic acid groups (broad SMARTS) is 1. The van der Waals surface area contributed by atoms with Gasteiger partial charge in [-0.15, -0.1) is 0 Å². The van der Waals surface area contributed by atoms with E-state index in [4.69, 9.17) is 14.2 Å². The number of carboxylic acids is 1. The molecule has 180 valence electrons. The van der Waals surface area contributed by atoms with Gasteiger partial charge in [-0.25, -0.2) is 9.59 Å². The second kappa shape index (κ2) is 13.5. The molecule has 1 unspecified atom stereocenters. The van der Waals surface area contributed by atoms with Gasteiger partial charge < -0.3 is 24.2 Å². The summed E-state index contributed by atoms with van der Waals surface area (Å²) in [6.45, 7) is 9.54. The number of rotatable bonds is 13. The van der Waals surface area contributed by atoms with Crippen LogP contribution in [0.25, 0.3) is 0 Å². The van der Waals surface area contributed by atoms with Gasteiger partial charge in [-0.1, -0.05) is 44.2 Å². The Morgan fingerprint density at radius 1 is 1.03 bits per heavy atom. The summed E-state index contributed by atoms with van der Waals surface area (Å²) in [5, 5.41) is 9.23. The molecule has 0 aromatic heterocycles. The third-order valence-corrected chi connectivity index (χ3v) is 5.14. The van der Waals surface area contributed by atoms with E-state index in [0.29, 0.717) is 43.7 Å². The number of carbonyl (C=O) groups is 2. The normalized spacial score (nSPS) is 11.8. The largest absolute Gasteiger partial charge is 0.492 e. The third kappa shape index (κ3) is 9.14. The molecule has 0 saturated carbocycles. The Kier molecular flexibility index (Phi) is 10.7. The lowest BCUT2D eigenvalue weighted by Crippen LogP contribution is -2.38. The SMILES string of the molecule is CCOC(Cc1ccc(OCCN(CCC(C)C)C(=O)Oc2ccccc2C)cc1)C(=O)O. The molecule has 2 aromatic rings. The van der Waals surface area contributed by atoms with Crippen molar-refractivity contribution in [3.8, 4) is 11.5 Å². The van der Waals surface area contributed by atoms with E-state index in [1.54, 1.807) is 30.0 Å². The third-order valence-electron chi connectivity index (χ3n) is 5.14. The first-order valence-corrected chi connectivity index (χ1v) is 11.4. The van der Waals surface area contributed by atoms with Gasteiger partial charge in [-0.2, -0.15) is 0 Å². The average Bonchev–Trinajstić information content (AvgIpc) is 2.78. The fraction of sp³-hybridized carbons (Fsp3) is 0.462. The first kappa shape index (κ1) is 26.2. The Bertz CT molecular complexity index is 881. The molecule has 2 aromatic carbocycles. The molecule has 0 saturated heterocycles. The highest BCUT2D eigenvalue weighted by atomic mass is 16.6. The first-order valence-electron chi connectivity index (χ1n) is 11.4. The molecule has 2 rings (SSSR count). The summed E-state index contributed by atoms with van der Waals surface area (Å²) in [4.78, 5) is 25.7. The number of ether oxygens (including phenoxy) is 3. The molecule has 0 fully saturated rings. The van der Waals surface area contributed by atoms with Crippen LogP contribution in [0.4, 0.5) is 4.79 Å². The second-order valence-electron chi connectivity index (χ2n) is 8.28. The number of para-hydroxylation sites is 1. The number of nitrogens with zero attached hydrogens (tertiary/aromatic N) is 1. The van der Waals surface area contributed by atoms with E-state index in [9.17, 15) is 14.7 Å².